The lowest BCUT2D eigenvalue weighted by Crippen LogP contribution is -2.47. The Morgan fingerprint density at radius 2 is 0.846 bits per heavy atom. The summed E-state index contributed by atoms with van der Waals surface area (Å²) in [4.78, 5) is 5.42. The summed E-state index contributed by atoms with van der Waals surface area (Å²) < 4.78 is 16.7. The average Bonchev–Trinajstić information content (AvgIpc) is 4.04. The van der Waals surface area contributed by atoms with Crippen LogP contribution in [-0.4, -0.2) is 24.3 Å². The second kappa shape index (κ2) is 15.1. The predicted molar refractivity (Wildman–Crippen MR) is 273 cm³/mol. The zero-order chi connectivity index (χ0) is 43.5. The van der Waals surface area contributed by atoms with Crippen molar-refractivity contribution in [2.45, 2.75) is 102 Å². The van der Waals surface area contributed by atoms with Gasteiger partial charge in [-0.1, -0.05) is 122 Å². The zero-order valence-electron chi connectivity index (χ0n) is 37.7. The minimum absolute atomic E-state index is 0.0662. The lowest BCUT2D eigenvalue weighted by atomic mass is 9.79. The highest BCUT2D eigenvalue weighted by Gasteiger charge is 2.47. The molecule has 322 valence electrons. The molecular weight excluding hydrogens is 813 g/mol. The van der Waals surface area contributed by atoms with Crippen LogP contribution in [-0.2, 0) is 0 Å². The molecular formula is C60H54N2O2S. The molecule has 0 saturated heterocycles. The number of hydrogen-bond donors (Lipinski definition) is 0. The van der Waals surface area contributed by atoms with E-state index in [1.54, 1.807) is 0 Å². The van der Waals surface area contributed by atoms with Crippen molar-refractivity contribution < 1.29 is 9.47 Å². The van der Waals surface area contributed by atoms with Crippen LogP contribution in [0.5, 0.6) is 11.5 Å². The zero-order valence-corrected chi connectivity index (χ0v) is 38.5. The van der Waals surface area contributed by atoms with Gasteiger partial charge >= 0.3 is 0 Å². The normalized spacial score (nSPS) is 22.0. The number of thiophene rings is 1. The lowest BCUT2D eigenvalue weighted by Gasteiger charge is -2.43. The van der Waals surface area contributed by atoms with Crippen molar-refractivity contribution in [3.63, 3.8) is 0 Å². The number of benzene rings is 8. The number of ether oxygens (including phenoxy) is 2. The SMILES string of the molecule is Cc1ccc(C)c(N(c2cc3sc4cc(N(c5cc(C)ccc5C)C5CCCC6c7ccccc7OC65)c5ccccc5c4c3c3ccccc23)C2CCCC3c4ccccc4OC32)c1. The van der Waals surface area contributed by atoms with Crippen molar-refractivity contribution in [2.24, 2.45) is 0 Å². The van der Waals surface area contributed by atoms with Crippen LogP contribution in [0.15, 0.2) is 146 Å². The Hall–Kier alpha value is -6.30. The minimum atomic E-state index is 0.0662. The number of aryl methyl sites for hydroxylation is 4. The van der Waals surface area contributed by atoms with Crippen LogP contribution >= 0.6 is 11.3 Å². The lowest BCUT2D eigenvalue weighted by molar-refractivity contribution is 0.139. The first-order chi connectivity index (χ1) is 31.9. The van der Waals surface area contributed by atoms with Crippen LogP contribution in [0.4, 0.5) is 22.7 Å². The number of para-hydroxylation sites is 2. The van der Waals surface area contributed by atoms with Gasteiger partial charge in [-0.2, -0.15) is 0 Å². The van der Waals surface area contributed by atoms with Crippen molar-refractivity contribution in [2.75, 3.05) is 9.80 Å². The van der Waals surface area contributed by atoms with Gasteiger partial charge in [-0.3, -0.25) is 0 Å². The Morgan fingerprint density at radius 3 is 1.31 bits per heavy atom. The standard InChI is InChI=1S/C60H54N2O2S/c1-35-27-29-37(3)49(31-35)61(47-23-13-21-45-41-17-9-11-25-53(41)63-59(45)47)51-33-55-57(43-19-7-5-15-39(43)51)58-44-20-8-6-16-40(44)52(34-56(58)65-55)62(50-32-36(2)28-30-38(50)4)48-24-14-22-46-42-18-10-12-26-54(42)64-60(46)48/h5-12,15-20,25-34,45-48,59-60H,13-14,21-24H2,1-4H3. The minimum Gasteiger partial charge on any atom is -0.487 e. The van der Waals surface area contributed by atoms with Crippen LogP contribution in [0.25, 0.3) is 41.7 Å². The monoisotopic (exact) mass is 866 g/mol. The van der Waals surface area contributed by atoms with Gasteiger partial charge in [0.2, 0.25) is 0 Å². The molecule has 13 rings (SSSR count). The molecule has 6 unspecified atom stereocenters. The van der Waals surface area contributed by atoms with E-state index in [4.69, 9.17) is 9.47 Å². The van der Waals surface area contributed by atoms with Gasteiger partial charge in [-0.25, -0.2) is 0 Å². The first kappa shape index (κ1) is 39.1. The van der Waals surface area contributed by atoms with E-state index in [-0.39, 0.29) is 24.3 Å². The smallest absolute Gasteiger partial charge is 0.126 e. The molecule has 1 aromatic heterocycles. The molecule has 4 aliphatic rings. The summed E-state index contributed by atoms with van der Waals surface area (Å²) in [6.45, 7) is 9.03. The maximum Gasteiger partial charge on any atom is 0.126 e. The molecule has 9 aromatic rings. The number of nitrogens with zero attached hydrogens (tertiary/aromatic N) is 2. The third-order valence-electron chi connectivity index (χ3n) is 15.6. The van der Waals surface area contributed by atoms with Crippen molar-refractivity contribution in [3.8, 4) is 11.5 Å². The molecule has 4 nitrogen and oxygen atoms in total. The average molecular weight is 867 g/mol. The van der Waals surface area contributed by atoms with Crippen LogP contribution in [0.1, 0.15) is 83.7 Å². The highest BCUT2D eigenvalue weighted by molar-refractivity contribution is 7.26. The van der Waals surface area contributed by atoms with Crippen LogP contribution in [0, 0.1) is 27.7 Å². The van der Waals surface area contributed by atoms with E-state index in [9.17, 15) is 0 Å². The Morgan fingerprint density at radius 1 is 0.431 bits per heavy atom. The molecule has 0 radical (unpaired) electrons. The van der Waals surface area contributed by atoms with Crippen molar-refractivity contribution in [3.05, 3.63) is 179 Å². The topological polar surface area (TPSA) is 24.9 Å². The summed E-state index contributed by atoms with van der Waals surface area (Å²) in [5.74, 6) is 2.88. The van der Waals surface area contributed by atoms with Crippen LogP contribution in [0.2, 0.25) is 0 Å². The maximum absolute atomic E-state index is 7.04. The molecule has 8 aromatic carbocycles. The molecule has 3 heterocycles. The summed E-state index contributed by atoms with van der Waals surface area (Å²) in [6.07, 6.45) is 6.92. The van der Waals surface area contributed by atoms with E-state index in [0.29, 0.717) is 11.8 Å². The molecule has 0 bridgehead atoms. The highest BCUT2D eigenvalue weighted by Crippen LogP contribution is 2.55. The number of rotatable bonds is 6. The van der Waals surface area contributed by atoms with E-state index in [0.717, 1.165) is 37.2 Å². The van der Waals surface area contributed by atoms with Gasteiger partial charge in [0.25, 0.3) is 0 Å². The van der Waals surface area contributed by atoms with Gasteiger partial charge in [0.1, 0.15) is 23.7 Å². The molecule has 65 heavy (non-hydrogen) atoms. The Balaban J connectivity index is 1.04. The van der Waals surface area contributed by atoms with E-state index in [2.05, 4.69) is 183 Å². The fourth-order valence-corrected chi connectivity index (χ4v) is 13.9. The van der Waals surface area contributed by atoms with Crippen LogP contribution in [0.3, 0.4) is 0 Å². The van der Waals surface area contributed by atoms with E-state index in [1.165, 1.54) is 111 Å². The van der Waals surface area contributed by atoms with Crippen molar-refractivity contribution in [1.29, 1.82) is 0 Å². The van der Waals surface area contributed by atoms with E-state index < -0.39 is 0 Å². The summed E-state index contributed by atoms with van der Waals surface area (Å²) in [5, 5.41) is 7.89. The van der Waals surface area contributed by atoms with Crippen molar-refractivity contribution >= 4 is 75.8 Å². The third kappa shape index (κ3) is 6.07. The summed E-state index contributed by atoms with van der Waals surface area (Å²) in [7, 11) is 0. The van der Waals surface area contributed by atoms with Crippen molar-refractivity contribution in [1.82, 2.24) is 0 Å². The Labute approximate surface area is 386 Å². The first-order valence-corrected chi connectivity index (χ1v) is 24.7. The van der Waals surface area contributed by atoms with Gasteiger partial charge < -0.3 is 19.3 Å². The third-order valence-corrected chi connectivity index (χ3v) is 16.7. The van der Waals surface area contributed by atoms with Gasteiger partial charge in [-0.15, -0.1) is 11.3 Å². The van der Waals surface area contributed by atoms with E-state index in [1.807, 2.05) is 11.3 Å². The summed E-state index contributed by atoms with van der Waals surface area (Å²) in [5.41, 5.74) is 13.0. The molecule has 2 aliphatic carbocycles. The van der Waals surface area contributed by atoms with Gasteiger partial charge in [-0.05, 0) is 123 Å². The second-order valence-electron chi connectivity index (χ2n) is 19.5. The quantitative estimate of drug-likeness (QED) is 0.166. The van der Waals surface area contributed by atoms with Crippen LogP contribution < -0.4 is 19.3 Å². The molecule has 2 saturated carbocycles. The molecule has 0 N–H and O–H groups in total. The highest BCUT2D eigenvalue weighted by atomic mass is 32.1. The summed E-state index contributed by atoms with van der Waals surface area (Å²) in [6, 6.07) is 55.4. The maximum atomic E-state index is 7.04. The van der Waals surface area contributed by atoms with E-state index >= 15 is 0 Å². The second-order valence-corrected chi connectivity index (χ2v) is 20.6. The molecule has 2 fully saturated rings. The Bertz CT molecular complexity index is 3150. The number of fused-ring (bicyclic) bond motifs is 13. The number of anilines is 4. The fourth-order valence-electron chi connectivity index (χ4n) is 12.7. The van der Waals surface area contributed by atoms with Gasteiger partial charge in [0.05, 0.1) is 23.5 Å². The summed E-state index contributed by atoms with van der Waals surface area (Å²) >= 11 is 1.96. The van der Waals surface area contributed by atoms with Gasteiger partial charge in [0, 0.05) is 65.3 Å². The van der Waals surface area contributed by atoms with Gasteiger partial charge in [0.15, 0.2) is 0 Å². The first-order valence-electron chi connectivity index (χ1n) is 23.9. The predicted octanol–water partition coefficient (Wildman–Crippen LogP) is 16.1. The fraction of sp³-hybridized carbons (Fsp3) is 0.267. The molecule has 0 spiro atoms. The Kier molecular flexibility index (Phi) is 9.11. The molecule has 0 amide bonds. The molecule has 2 aliphatic heterocycles. The largest absolute Gasteiger partial charge is 0.487 e. The molecule has 6 atom stereocenters. The molecule has 5 heteroatoms. The number of hydrogen-bond acceptors (Lipinski definition) is 5.